The summed E-state index contributed by atoms with van der Waals surface area (Å²) in [6.45, 7) is 3.04. The Bertz CT molecular complexity index is 563. The minimum absolute atomic E-state index is 0.0575. The van der Waals surface area contributed by atoms with Gasteiger partial charge in [0.2, 0.25) is 0 Å². The Hall–Kier alpha value is -1.70. The number of alkyl halides is 2. The molecule has 1 aromatic rings. The van der Waals surface area contributed by atoms with Crippen molar-refractivity contribution in [1.82, 2.24) is 9.88 Å². The minimum atomic E-state index is -2.69. The number of ether oxygens (including phenoxy) is 1. The number of piperidine rings is 1. The number of rotatable bonds is 5. The van der Waals surface area contributed by atoms with Gasteiger partial charge in [0, 0.05) is 19.3 Å². The van der Waals surface area contributed by atoms with E-state index in [1.54, 1.807) is 4.90 Å². The molecular weight excluding hydrogens is 326 g/mol. The molecule has 8 heteroatoms. The largest absolute Gasteiger partial charge is 0.452 e. The second-order valence-corrected chi connectivity index (χ2v) is 6.35. The van der Waals surface area contributed by atoms with Crippen molar-refractivity contribution in [2.75, 3.05) is 19.7 Å². The van der Waals surface area contributed by atoms with Gasteiger partial charge in [0.1, 0.15) is 5.03 Å². The first-order valence-electron chi connectivity index (χ1n) is 7.32. The highest BCUT2D eigenvalue weighted by Crippen LogP contribution is 2.26. The highest BCUT2D eigenvalue weighted by molar-refractivity contribution is 7.99. The van der Waals surface area contributed by atoms with Crippen LogP contribution in [0.2, 0.25) is 0 Å². The molecule has 0 radical (unpaired) electrons. The topological polar surface area (TPSA) is 59.5 Å². The Balaban J connectivity index is 1.91. The van der Waals surface area contributed by atoms with Crippen LogP contribution in [0.15, 0.2) is 23.4 Å². The zero-order chi connectivity index (χ0) is 16.8. The van der Waals surface area contributed by atoms with Crippen molar-refractivity contribution in [2.45, 2.75) is 30.5 Å². The zero-order valence-electron chi connectivity index (χ0n) is 12.7. The van der Waals surface area contributed by atoms with E-state index in [0.29, 0.717) is 19.0 Å². The van der Waals surface area contributed by atoms with E-state index in [9.17, 15) is 18.4 Å². The second kappa shape index (κ2) is 8.24. The smallest absolute Gasteiger partial charge is 0.341 e. The molecule has 1 aliphatic heterocycles. The number of pyridine rings is 1. The number of amides is 1. The fourth-order valence-corrected chi connectivity index (χ4v) is 2.85. The molecule has 23 heavy (non-hydrogen) atoms. The molecule has 1 fully saturated rings. The number of carbonyl (C=O) groups is 2. The molecule has 0 bridgehead atoms. The van der Waals surface area contributed by atoms with Crippen LogP contribution in [0.1, 0.15) is 30.1 Å². The lowest BCUT2D eigenvalue weighted by molar-refractivity contribution is -0.135. The second-order valence-electron chi connectivity index (χ2n) is 5.37. The Morgan fingerprint density at radius 3 is 2.78 bits per heavy atom. The predicted molar refractivity (Wildman–Crippen MR) is 81.4 cm³/mol. The zero-order valence-corrected chi connectivity index (χ0v) is 13.5. The molecule has 0 atom stereocenters. The predicted octanol–water partition coefficient (Wildman–Crippen LogP) is 2.81. The summed E-state index contributed by atoms with van der Waals surface area (Å²) < 4.78 is 29.9. The molecule has 0 spiro atoms. The van der Waals surface area contributed by atoms with E-state index in [-0.39, 0.29) is 34.9 Å². The van der Waals surface area contributed by atoms with Crippen molar-refractivity contribution in [3.63, 3.8) is 0 Å². The molecule has 5 nitrogen and oxygen atoms in total. The Morgan fingerprint density at radius 2 is 2.13 bits per heavy atom. The number of carbonyl (C=O) groups excluding carboxylic acids is 2. The first-order valence-corrected chi connectivity index (χ1v) is 8.20. The number of hydrogen-bond donors (Lipinski definition) is 0. The molecule has 0 N–H and O–H groups in total. The van der Waals surface area contributed by atoms with Crippen molar-refractivity contribution in [3.05, 3.63) is 23.9 Å². The highest BCUT2D eigenvalue weighted by Gasteiger charge is 2.23. The highest BCUT2D eigenvalue weighted by atomic mass is 32.2. The normalized spacial score (nSPS) is 15.7. The minimum Gasteiger partial charge on any atom is -0.452 e. The van der Waals surface area contributed by atoms with Gasteiger partial charge < -0.3 is 9.64 Å². The number of likely N-dealkylation sites (tertiary alicyclic amines) is 1. The molecule has 0 aromatic carbocycles. The lowest BCUT2D eigenvalue weighted by atomic mass is 9.99. The van der Waals surface area contributed by atoms with Crippen LogP contribution in [0, 0.1) is 5.92 Å². The Morgan fingerprint density at radius 1 is 1.43 bits per heavy atom. The van der Waals surface area contributed by atoms with Gasteiger partial charge in [-0.25, -0.2) is 9.78 Å². The number of halogens is 2. The average Bonchev–Trinajstić information content (AvgIpc) is 2.53. The van der Waals surface area contributed by atoms with Crippen LogP contribution < -0.4 is 0 Å². The quantitative estimate of drug-likeness (QED) is 0.607. The maximum atomic E-state index is 12.5. The van der Waals surface area contributed by atoms with Crippen LogP contribution in [0.4, 0.5) is 8.78 Å². The van der Waals surface area contributed by atoms with Gasteiger partial charge in [-0.15, -0.1) is 0 Å². The van der Waals surface area contributed by atoms with Gasteiger partial charge in [0.15, 0.2) is 6.61 Å². The molecule has 1 aliphatic rings. The number of esters is 1. The third-order valence-electron chi connectivity index (χ3n) is 3.65. The van der Waals surface area contributed by atoms with Crippen LogP contribution in [-0.2, 0) is 9.53 Å². The van der Waals surface area contributed by atoms with Gasteiger partial charge in [-0.2, -0.15) is 8.78 Å². The molecular formula is C15H18F2N2O3S. The maximum Gasteiger partial charge on any atom is 0.341 e. The van der Waals surface area contributed by atoms with E-state index in [2.05, 4.69) is 11.9 Å². The molecule has 2 heterocycles. The van der Waals surface area contributed by atoms with Gasteiger partial charge >= 0.3 is 5.97 Å². The van der Waals surface area contributed by atoms with E-state index in [0.717, 1.165) is 12.8 Å². The third-order valence-corrected chi connectivity index (χ3v) is 4.38. The lowest BCUT2D eigenvalue weighted by Gasteiger charge is -2.30. The number of hydrogen-bond acceptors (Lipinski definition) is 5. The Kier molecular flexibility index (Phi) is 6.32. The fourth-order valence-electron chi connectivity index (χ4n) is 2.28. The van der Waals surface area contributed by atoms with Gasteiger partial charge in [-0.1, -0.05) is 6.92 Å². The number of aromatic nitrogens is 1. The maximum absolute atomic E-state index is 12.5. The summed E-state index contributed by atoms with van der Waals surface area (Å²) in [4.78, 5) is 29.4. The monoisotopic (exact) mass is 344 g/mol. The fraction of sp³-hybridized carbons (Fsp3) is 0.533. The van der Waals surface area contributed by atoms with Crippen molar-refractivity contribution < 1.29 is 23.1 Å². The van der Waals surface area contributed by atoms with Crippen molar-refractivity contribution >= 4 is 23.6 Å². The van der Waals surface area contributed by atoms with E-state index >= 15 is 0 Å². The summed E-state index contributed by atoms with van der Waals surface area (Å²) in [5, 5.41) is -0.105. The van der Waals surface area contributed by atoms with Crippen molar-refractivity contribution in [3.8, 4) is 0 Å². The van der Waals surface area contributed by atoms with Gasteiger partial charge in [0.05, 0.1) is 5.56 Å². The molecule has 0 saturated carbocycles. The number of nitrogens with zero attached hydrogens (tertiary/aromatic N) is 2. The average molecular weight is 344 g/mol. The third kappa shape index (κ3) is 5.16. The van der Waals surface area contributed by atoms with E-state index in [4.69, 9.17) is 4.74 Å². The Labute approximate surface area is 137 Å². The summed E-state index contributed by atoms with van der Waals surface area (Å²) in [5.74, 6) is -3.18. The van der Waals surface area contributed by atoms with Gasteiger partial charge in [0.25, 0.3) is 11.7 Å². The molecule has 126 valence electrons. The molecule has 2 rings (SSSR count). The van der Waals surface area contributed by atoms with Crippen LogP contribution in [0.5, 0.6) is 0 Å². The van der Waals surface area contributed by atoms with Crippen molar-refractivity contribution in [2.24, 2.45) is 5.92 Å². The summed E-state index contributed by atoms with van der Waals surface area (Å²) in [6, 6.07) is 2.81. The van der Waals surface area contributed by atoms with Gasteiger partial charge in [-0.3, -0.25) is 4.79 Å². The van der Waals surface area contributed by atoms with Crippen LogP contribution in [-0.4, -0.2) is 47.2 Å². The molecule has 0 aliphatic carbocycles. The first kappa shape index (κ1) is 17.7. The molecule has 1 amide bonds. The van der Waals surface area contributed by atoms with Crippen LogP contribution >= 0.6 is 11.8 Å². The summed E-state index contributed by atoms with van der Waals surface area (Å²) in [5.41, 5.74) is -0.0575. The van der Waals surface area contributed by atoms with Crippen LogP contribution in [0.25, 0.3) is 0 Å². The SMILES string of the molecule is CC1CCN(C(=O)COC(=O)c2cccnc2SC(F)F)CC1. The van der Waals surface area contributed by atoms with Crippen molar-refractivity contribution in [1.29, 1.82) is 0 Å². The summed E-state index contributed by atoms with van der Waals surface area (Å²) in [6.07, 6.45) is 3.18. The first-order chi connectivity index (χ1) is 11.0. The summed E-state index contributed by atoms with van der Waals surface area (Å²) in [7, 11) is 0. The van der Waals surface area contributed by atoms with E-state index in [1.807, 2.05) is 0 Å². The van der Waals surface area contributed by atoms with Gasteiger partial charge in [-0.05, 0) is 42.7 Å². The molecule has 1 saturated heterocycles. The number of thioether (sulfide) groups is 1. The molecule has 1 aromatic heterocycles. The standard InChI is InChI=1S/C15H18F2N2O3S/c1-10-4-7-19(8-5-10)12(20)9-22-14(21)11-3-2-6-18-13(11)23-15(16)17/h2-3,6,10,15H,4-5,7-9H2,1H3. The summed E-state index contributed by atoms with van der Waals surface area (Å²) >= 11 is 0.175. The lowest BCUT2D eigenvalue weighted by Crippen LogP contribution is -2.40. The van der Waals surface area contributed by atoms with E-state index in [1.165, 1.54) is 18.3 Å². The van der Waals surface area contributed by atoms with E-state index < -0.39 is 11.7 Å². The van der Waals surface area contributed by atoms with Crippen LogP contribution in [0.3, 0.4) is 0 Å². The molecule has 0 unspecified atom stereocenters.